The van der Waals surface area contributed by atoms with E-state index in [1.807, 2.05) is 42.5 Å². The van der Waals surface area contributed by atoms with E-state index < -0.39 is 0 Å². The summed E-state index contributed by atoms with van der Waals surface area (Å²) >= 11 is 0. The zero-order valence-electron chi connectivity index (χ0n) is 17.0. The van der Waals surface area contributed by atoms with Crippen molar-refractivity contribution in [2.45, 2.75) is 32.2 Å². The number of hydrogen-bond donors (Lipinski definition) is 2. The van der Waals surface area contributed by atoms with Crippen molar-refractivity contribution in [3.63, 3.8) is 0 Å². The number of nitrogens with one attached hydrogen (secondary N) is 2. The maximum Gasteiger partial charge on any atom is 0.256 e. The van der Waals surface area contributed by atoms with Crippen LogP contribution in [0.15, 0.2) is 52.9 Å². The van der Waals surface area contributed by atoms with E-state index in [-0.39, 0.29) is 5.91 Å². The number of rotatable bonds is 5. The van der Waals surface area contributed by atoms with Crippen LogP contribution < -0.4 is 15.4 Å². The second-order valence-electron chi connectivity index (χ2n) is 7.70. The van der Waals surface area contributed by atoms with Crippen LogP contribution in [0.4, 0.5) is 11.4 Å². The van der Waals surface area contributed by atoms with Crippen molar-refractivity contribution in [3.8, 4) is 5.75 Å². The second-order valence-corrected chi connectivity index (χ2v) is 7.70. The van der Waals surface area contributed by atoms with Gasteiger partial charge in [-0.15, -0.1) is 0 Å². The predicted molar refractivity (Wildman–Crippen MR) is 119 cm³/mol. The lowest BCUT2D eigenvalue weighted by molar-refractivity contribution is -0.110. The number of carbonyl (C=O) groups is 1. The Hall–Kier alpha value is -3.47. The summed E-state index contributed by atoms with van der Waals surface area (Å²) in [5.74, 6) is 2.43. The maximum absolute atomic E-state index is 12.7. The molecule has 3 aromatic rings. The molecule has 0 saturated heterocycles. The number of benzene rings is 2. The molecule has 30 heavy (non-hydrogen) atoms. The molecule has 2 aliphatic rings. The second kappa shape index (κ2) is 7.75. The molecule has 0 unspecified atom stereocenters. The molecule has 5 heteroatoms. The normalized spacial score (nSPS) is 16.2. The first-order valence-electron chi connectivity index (χ1n) is 10.4. The van der Waals surface area contributed by atoms with Gasteiger partial charge in [-0.25, -0.2) is 0 Å². The van der Waals surface area contributed by atoms with Gasteiger partial charge in [-0.2, -0.15) is 0 Å². The summed E-state index contributed by atoms with van der Waals surface area (Å²) in [4.78, 5) is 12.7. The Kier molecular flexibility index (Phi) is 4.79. The van der Waals surface area contributed by atoms with Crippen LogP contribution in [0.3, 0.4) is 0 Å². The minimum Gasteiger partial charge on any atom is -0.497 e. The Morgan fingerprint density at radius 2 is 1.97 bits per heavy atom. The number of methoxy groups -OCH3 is 1. The Morgan fingerprint density at radius 1 is 1.13 bits per heavy atom. The molecular formula is C25H24N2O3. The lowest BCUT2D eigenvalue weighted by Crippen LogP contribution is -2.06. The van der Waals surface area contributed by atoms with Crippen LogP contribution in [0.5, 0.6) is 5.75 Å². The fraction of sp³-hybridized carbons (Fsp3) is 0.240. The molecular weight excluding hydrogens is 376 g/mol. The first-order chi connectivity index (χ1) is 14.7. The summed E-state index contributed by atoms with van der Waals surface area (Å²) in [5, 5.41) is 6.44. The van der Waals surface area contributed by atoms with Crippen molar-refractivity contribution < 1.29 is 13.9 Å². The zero-order valence-corrected chi connectivity index (χ0v) is 17.0. The average Bonchev–Trinajstić information content (AvgIpc) is 3.29. The first kappa shape index (κ1) is 18.6. The maximum atomic E-state index is 12.7. The van der Waals surface area contributed by atoms with Crippen molar-refractivity contribution >= 4 is 28.9 Å². The third kappa shape index (κ3) is 3.36. The Balaban J connectivity index is 1.55. The Bertz CT molecular complexity index is 1130. The van der Waals surface area contributed by atoms with E-state index in [0.29, 0.717) is 12.1 Å². The Morgan fingerprint density at radius 3 is 2.80 bits per heavy atom. The largest absolute Gasteiger partial charge is 0.497 e. The number of para-hydroxylation sites is 1. The van der Waals surface area contributed by atoms with E-state index in [1.54, 1.807) is 7.11 Å². The topological polar surface area (TPSA) is 63.5 Å². The average molecular weight is 400 g/mol. The summed E-state index contributed by atoms with van der Waals surface area (Å²) in [5.41, 5.74) is 5.75. The molecule has 1 aliphatic carbocycles. The standard InChI is InChI=1S/C25H24N2O3/c1-29-17-11-12-22-19(13-17)20(25(28)27-22)14-24-21(15-26-16-7-3-2-4-8-16)18-9-5-6-10-23(18)30-24/h2-4,7-8,11-14,26H,5-6,9-10,15H2,1H3,(H,27,28). The number of furan rings is 1. The number of hydrogen-bond acceptors (Lipinski definition) is 4. The van der Waals surface area contributed by atoms with Crippen molar-refractivity contribution in [2.24, 2.45) is 0 Å². The number of ether oxygens (including phenoxy) is 1. The molecule has 1 aliphatic heterocycles. The van der Waals surface area contributed by atoms with Gasteiger partial charge in [0.2, 0.25) is 0 Å². The zero-order chi connectivity index (χ0) is 20.5. The smallest absolute Gasteiger partial charge is 0.256 e. The van der Waals surface area contributed by atoms with Crippen LogP contribution in [0.2, 0.25) is 0 Å². The van der Waals surface area contributed by atoms with Gasteiger partial charge in [0.15, 0.2) is 0 Å². The minimum atomic E-state index is -0.116. The lowest BCUT2D eigenvalue weighted by Gasteiger charge is -2.12. The molecule has 0 radical (unpaired) electrons. The van der Waals surface area contributed by atoms with E-state index in [4.69, 9.17) is 9.15 Å². The highest BCUT2D eigenvalue weighted by atomic mass is 16.5. The molecule has 0 saturated carbocycles. The lowest BCUT2D eigenvalue weighted by atomic mass is 9.94. The molecule has 0 bridgehead atoms. The number of carbonyl (C=O) groups excluding carboxylic acids is 1. The SMILES string of the molecule is COc1ccc2c(c1)C(=Cc1oc3c(c1CNc1ccccc1)CCCC3)C(=O)N2. The summed E-state index contributed by atoms with van der Waals surface area (Å²) in [6, 6.07) is 15.8. The summed E-state index contributed by atoms with van der Waals surface area (Å²) in [6.45, 7) is 0.661. The minimum absolute atomic E-state index is 0.116. The highest BCUT2D eigenvalue weighted by molar-refractivity contribution is 6.34. The molecule has 152 valence electrons. The number of amides is 1. The van der Waals surface area contributed by atoms with E-state index in [1.165, 1.54) is 12.0 Å². The van der Waals surface area contributed by atoms with E-state index in [9.17, 15) is 4.79 Å². The van der Waals surface area contributed by atoms with E-state index >= 15 is 0 Å². The van der Waals surface area contributed by atoms with Gasteiger partial charge in [0.05, 0.1) is 12.7 Å². The van der Waals surface area contributed by atoms with Gasteiger partial charge in [0.25, 0.3) is 5.91 Å². The molecule has 5 rings (SSSR count). The van der Waals surface area contributed by atoms with Gasteiger partial charge >= 0.3 is 0 Å². The fourth-order valence-corrected chi connectivity index (χ4v) is 4.28. The van der Waals surface area contributed by atoms with Crippen molar-refractivity contribution in [2.75, 3.05) is 17.7 Å². The molecule has 0 fully saturated rings. The molecule has 2 N–H and O–H groups in total. The van der Waals surface area contributed by atoms with Crippen LogP contribution in [0.1, 0.15) is 41.1 Å². The molecule has 0 spiro atoms. The fourth-order valence-electron chi connectivity index (χ4n) is 4.28. The highest BCUT2D eigenvalue weighted by Crippen LogP contribution is 2.38. The first-order valence-corrected chi connectivity index (χ1v) is 10.4. The summed E-state index contributed by atoms with van der Waals surface area (Å²) in [6.07, 6.45) is 6.17. The van der Waals surface area contributed by atoms with Gasteiger partial charge in [-0.05, 0) is 61.2 Å². The molecule has 1 amide bonds. The monoisotopic (exact) mass is 400 g/mol. The number of aryl methyl sites for hydroxylation is 1. The predicted octanol–water partition coefficient (Wildman–Crippen LogP) is 5.27. The molecule has 2 aromatic carbocycles. The molecule has 0 atom stereocenters. The van der Waals surface area contributed by atoms with Gasteiger partial charge < -0.3 is 19.8 Å². The summed E-state index contributed by atoms with van der Waals surface area (Å²) in [7, 11) is 1.63. The van der Waals surface area contributed by atoms with Gasteiger partial charge in [-0.1, -0.05) is 18.2 Å². The number of anilines is 2. The third-order valence-corrected chi connectivity index (χ3v) is 5.84. The van der Waals surface area contributed by atoms with Crippen LogP contribution >= 0.6 is 0 Å². The molecule has 1 aromatic heterocycles. The van der Waals surface area contributed by atoms with Gasteiger partial charge in [0.1, 0.15) is 17.3 Å². The van der Waals surface area contributed by atoms with E-state index in [2.05, 4.69) is 22.8 Å². The van der Waals surface area contributed by atoms with Crippen LogP contribution in [-0.4, -0.2) is 13.0 Å². The van der Waals surface area contributed by atoms with Crippen molar-refractivity contribution in [1.29, 1.82) is 0 Å². The third-order valence-electron chi connectivity index (χ3n) is 5.84. The van der Waals surface area contributed by atoms with Crippen LogP contribution in [0, 0.1) is 0 Å². The van der Waals surface area contributed by atoms with E-state index in [0.717, 1.165) is 59.0 Å². The van der Waals surface area contributed by atoms with Crippen molar-refractivity contribution in [3.05, 3.63) is 76.7 Å². The number of fused-ring (bicyclic) bond motifs is 2. The quantitative estimate of drug-likeness (QED) is 0.573. The van der Waals surface area contributed by atoms with Gasteiger partial charge in [-0.3, -0.25) is 4.79 Å². The molecule has 5 nitrogen and oxygen atoms in total. The van der Waals surface area contributed by atoms with Gasteiger partial charge in [0, 0.05) is 35.5 Å². The van der Waals surface area contributed by atoms with Crippen molar-refractivity contribution in [1.82, 2.24) is 0 Å². The Labute approximate surface area is 175 Å². The summed E-state index contributed by atoms with van der Waals surface area (Å²) < 4.78 is 11.6. The van der Waals surface area contributed by atoms with Crippen LogP contribution in [-0.2, 0) is 24.2 Å². The van der Waals surface area contributed by atoms with Crippen LogP contribution in [0.25, 0.3) is 11.6 Å². The highest BCUT2D eigenvalue weighted by Gasteiger charge is 2.27. The molecule has 2 heterocycles.